The Hall–Kier alpha value is -4.15. The first-order chi connectivity index (χ1) is 16.8. The van der Waals surface area contributed by atoms with Crippen LogP contribution >= 0.6 is 11.6 Å². The van der Waals surface area contributed by atoms with Gasteiger partial charge in [0.15, 0.2) is 0 Å². The van der Waals surface area contributed by atoms with Crippen LogP contribution in [0.4, 0.5) is 10.1 Å². The number of rotatable bonds is 8. The van der Waals surface area contributed by atoms with Gasteiger partial charge in [-0.15, -0.1) is 0 Å². The lowest BCUT2D eigenvalue weighted by Crippen LogP contribution is -2.13. The average Bonchev–Trinajstić information content (AvgIpc) is 2.84. The number of anilines is 1. The normalized spacial score (nSPS) is 10.9. The number of esters is 1. The first-order valence-electron chi connectivity index (χ1n) is 10.7. The van der Waals surface area contributed by atoms with E-state index in [0.717, 1.165) is 5.56 Å². The van der Waals surface area contributed by atoms with E-state index in [1.165, 1.54) is 37.5 Å². The minimum absolute atomic E-state index is 0.157. The number of methoxy groups -OCH3 is 1. The molecule has 0 aliphatic rings. The SMILES string of the molecule is CCOC(=O)c1ccc(NC(=O)/C(C#N)=C/c2cc(Cl)c(Cc3cccc(F)c3)c(OC)c2)cc1. The summed E-state index contributed by atoms with van der Waals surface area (Å²) in [4.78, 5) is 24.4. The molecule has 0 atom stereocenters. The number of ether oxygens (including phenoxy) is 2. The second-order valence-electron chi connectivity index (χ2n) is 7.41. The number of hydrogen-bond acceptors (Lipinski definition) is 5. The Morgan fingerprint density at radius 2 is 1.89 bits per heavy atom. The number of carbonyl (C=O) groups excluding carboxylic acids is 2. The Labute approximate surface area is 207 Å². The van der Waals surface area contributed by atoms with Gasteiger partial charge in [0.1, 0.15) is 23.2 Å². The van der Waals surface area contributed by atoms with Crippen molar-refractivity contribution in [2.45, 2.75) is 13.3 Å². The molecule has 0 fully saturated rings. The summed E-state index contributed by atoms with van der Waals surface area (Å²) in [5.41, 5.74) is 2.46. The van der Waals surface area contributed by atoms with Crippen molar-refractivity contribution in [3.05, 3.63) is 99.3 Å². The molecule has 0 aromatic heterocycles. The van der Waals surface area contributed by atoms with Crippen molar-refractivity contribution < 1.29 is 23.5 Å². The van der Waals surface area contributed by atoms with E-state index >= 15 is 0 Å². The quantitative estimate of drug-likeness (QED) is 0.244. The molecule has 8 heteroatoms. The molecule has 0 radical (unpaired) electrons. The molecule has 6 nitrogen and oxygen atoms in total. The van der Waals surface area contributed by atoms with Gasteiger partial charge in [0, 0.05) is 22.7 Å². The van der Waals surface area contributed by atoms with Crippen LogP contribution in [-0.2, 0) is 16.0 Å². The van der Waals surface area contributed by atoms with Gasteiger partial charge in [0.25, 0.3) is 5.91 Å². The number of nitriles is 1. The van der Waals surface area contributed by atoms with Crippen molar-refractivity contribution in [1.82, 2.24) is 0 Å². The molecule has 0 unspecified atom stereocenters. The van der Waals surface area contributed by atoms with Gasteiger partial charge in [-0.1, -0.05) is 23.7 Å². The van der Waals surface area contributed by atoms with Gasteiger partial charge in [0.05, 0.1) is 19.3 Å². The zero-order chi connectivity index (χ0) is 25.4. The zero-order valence-electron chi connectivity index (χ0n) is 19.1. The molecule has 0 saturated carbocycles. The number of benzene rings is 3. The molecule has 0 aliphatic heterocycles. The number of nitrogens with zero attached hydrogens (tertiary/aromatic N) is 1. The summed E-state index contributed by atoms with van der Waals surface area (Å²) in [6, 6.07) is 17.4. The molecule has 0 bridgehead atoms. The van der Waals surface area contributed by atoms with Gasteiger partial charge < -0.3 is 14.8 Å². The van der Waals surface area contributed by atoms with Crippen molar-refractivity contribution in [3.8, 4) is 11.8 Å². The van der Waals surface area contributed by atoms with Crippen LogP contribution in [0.5, 0.6) is 5.75 Å². The maximum Gasteiger partial charge on any atom is 0.338 e. The highest BCUT2D eigenvalue weighted by molar-refractivity contribution is 6.31. The third kappa shape index (κ3) is 6.69. The molecule has 178 valence electrons. The predicted octanol–water partition coefficient (Wildman–Crippen LogP) is 5.80. The van der Waals surface area contributed by atoms with Crippen LogP contribution in [0.25, 0.3) is 6.08 Å². The van der Waals surface area contributed by atoms with E-state index in [2.05, 4.69) is 5.32 Å². The van der Waals surface area contributed by atoms with Crippen LogP contribution in [0.2, 0.25) is 5.02 Å². The fourth-order valence-electron chi connectivity index (χ4n) is 3.34. The van der Waals surface area contributed by atoms with Crippen LogP contribution in [0.3, 0.4) is 0 Å². The maximum atomic E-state index is 13.6. The monoisotopic (exact) mass is 492 g/mol. The van der Waals surface area contributed by atoms with Gasteiger partial charge in [0.2, 0.25) is 0 Å². The molecular weight excluding hydrogens is 471 g/mol. The first kappa shape index (κ1) is 25.5. The van der Waals surface area contributed by atoms with Crippen LogP contribution in [-0.4, -0.2) is 25.6 Å². The topological polar surface area (TPSA) is 88.4 Å². The van der Waals surface area contributed by atoms with E-state index in [1.807, 2.05) is 6.07 Å². The van der Waals surface area contributed by atoms with Crippen LogP contribution in [0, 0.1) is 17.1 Å². The Balaban J connectivity index is 1.81. The number of carbonyl (C=O) groups is 2. The highest BCUT2D eigenvalue weighted by atomic mass is 35.5. The molecule has 35 heavy (non-hydrogen) atoms. The third-order valence-corrected chi connectivity index (χ3v) is 5.33. The van der Waals surface area contributed by atoms with E-state index in [9.17, 15) is 19.2 Å². The van der Waals surface area contributed by atoms with Crippen molar-refractivity contribution in [2.24, 2.45) is 0 Å². The van der Waals surface area contributed by atoms with Crippen molar-refractivity contribution in [3.63, 3.8) is 0 Å². The average molecular weight is 493 g/mol. The third-order valence-electron chi connectivity index (χ3n) is 5.00. The zero-order valence-corrected chi connectivity index (χ0v) is 19.9. The predicted molar refractivity (Wildman–Crippen MR) is 132 cm³/mol. The second-order valence-corrected chi connectivity index (χ2v) is 7.82. The van der Waals surface area contributed by atoms with Gasteiger partial charge >= 0.3 is 5.97 Å². The molecule has 1 N–H and O–H groups in total. The summed E-state index contributed by atoms with van der Waals surface area (Å²) >= 11 is 6.48. The molecule has 3 rings (SSSR count). The summed E-state index contributed by atoms with van der Waals surface area (Å²) in [6.45, 7) is 1.97. The lowest BCUT2D eigenvalue weighted by atomic mass is 10.0. The summed E-state index contributed by atoms with van der Waals surface area (Å²) in [5.74, 6) is -0.998. The molecule has 3 aromatic rings. The van der Waals surface area contributed by atoms with Gasteiger partial charge in [-0.2, -0.15) is 5.26 Å². The van der Waals surface area contributed by atoms with Crippen molar-refractivity contribution >= 4 is 35.2 Å². The van der Waals surface area contributed by atoms with E-state index in [0.29, 0.717) is 39.6 Å². The molecular formula is C27H22ClFN2O4. The molecule has 3 aromatic carbocycles. The van der Waals surface area contributed by atoms with Crippen molar-refractivity contribution in [2.75, 3.05) is 19.0 Å². The lowest BCUT2D eigenvalue weighted by Gasteiger charge is -2.13. The van der Waals surface area contributed by atoms with E-state index < -0.39 is 11.9 Å². The number of hydrogen-bond donors (Lipinski definition) is 1. The minimum Gasteiger partial charge on any atom is -0.496 e. The molecule has 1 amide bonds. The molecule has 0 saturated heterocycles. The van der Waals surface area contributed by atoms with Gasteiger partial charge in [-0.05, 0) is 72.7 Å². The van der Waals surface area contributed by atoms with E-state index in [-0.39, 0.29) is 18.0 Å². The Morgan fingerprint density at radius 3 is 2.51 bits per heavy atom. The maximum absolute atomic E-state index is 13.6. The van der Waals surface area contributed by atoms with Crippen molar-refractivity contribution in [1.29, 1.82) is 5.26 Å². The van der Waals surface area contributed by atoms with Crippen LogP contribution in [0.1, 0.15) is 34.0 Å². The first-order valence-corrected chi connectivity index (χ1v) is 11.0. The van der Waals surface area contributed by atoms with Gasteiger partial charge in [-0.3, -0.25) is 4.79 Å². The van der Waals surface area contributed by atoms with Crippen LogP contribution in [0.15, 0.2) is 66.2 Å². The molecule has 0 spiro atoms. The van der Waals surface area contributed by atoms with Crippen LogP contribution < -0.4 is 10.1 Å². The summed E-state index contributed by atoms with van der Waals surface area (Å²) in [6.07, 6.45) is 1.74. The molecule has 0 aliphatic carbocycles. The van der Waals surface area contributed by atoms with E-state index in [4.69, 9.17) is 21.1 Å². The summed E-state index contributed by atoms with van der Waals surface area (Å²) in [5, 5.41) is 12.5. The fourth-order valence-corrected chi connectivity index (χ4v) is 3.62. The Morgan fingerprint density at radius 1 is 1.14 bits per heavy atom. The summed E-state index contributed by atoms with van der Waals surface area (Å²) < 4.78 is 23.9. The Kier molecular flexibility index (Phi) is 8.60. The number of halogens is 2. The van der Waals surface area contributed by atoms with E-state index in [1.54, 1.807) is 43.3 Å². The molecule has 0 heterocycles. The second kappa shape index (κ2) is 11.8. The number of nitrogens with one attached hydrogen (secondary N) is 1. The highest BCUT2D eigenvalue weighted by Gasteiger charge is 2.15. The standard InChI is InChI=1S/C27H22ClFN2O4/c1-3-35-27(33)19-7-9-22(10-8-19)31-26(32)20(16-30)11-18-14-24(28)23(25(15-18)34-2)13-17-5-4-6-21(29)12-17/h4-12,14-15H,3,13H2,1-2H3,(H,31,32)/b20-11+. The summed E-state index contributed by atoms with van der Waals surface area (Å²) in [7, 11) is 1.48. The number of amides is 1. The Bertz CT molecular complexity index is 1310. The lowest BCUT2D eigenvalue weighted by molar-refractivity contribution is -0.112. The minimum atomic E-state index is -0.629. The highest BCUT2D eigenvalue weighted by Crippen LogP contribution is 2.32. The largest absolute Gasteiger partial charge is 0.496 e. The van der Waals surface area contributed by atoms with Gasteiger partial charge in [-0.25, -0.2) is 9.18 Å². The smallest absolute Gasteiger partial charge is 0.338 e. The fraction of sp³-hybridized carbons (Fsp3) is 0.148.